The minimum absolute atomic E-state index is 0.0702. The summed E-state index contributed by atoms with van der Waals surface area (Å²) in [5.41, 5.74) is 5.63. The number of carbonyl (C=O) groups is 1. The Balaban J connectivity index is 2.38. The van der Waals surface area contributed by atoms with E-state index in [-0.39, 0.29) is 23.8 Å². The minimum Gasteiger partial charge on any atom is -0.444 e. The molecule has 0 bridgehead atoms. The molecule has 21 heavy (non-hydrogen) atoms. The number of nitrogens with zero attached hydrogens (tertiary/aromatic N) is 1. The van der Waals surface area contributed by atoms with Gasteiger partial charge >= 0.3 is 6.09 Å². The molecule has 2 N–H and O–H groups in total. The van der Waals surface area contributed by atoms with Gasteiger partial charge in [-0.3, -0.25) is 0 Å². The molecule has 1 aliphatic rings. The molecule has 0 aromatic rings. The van der Waals surface area contributed by atoms with E-state index in [1.54, 1.807) is 4.90 Å². The third-order valence-corrected chi connectivity index (χ3v) is 4.56. The maximum Gasteiger partial charge on any atom is 0.410 e. The van der Waals surface area contributed by atoms with E-state index in [2.05, 4.69) is 0 Å². The number of carbonyl (C=O) groups excluding carboxylic acids is 1. The Morgan fingerprint density at radius 2 is 2.05 bits per heavy atom. The lowest BCUT2D eigenvalue weighted by Crippen LogP contribution is -2.37. The summed E-state index contributed by atoms with van der Waals surface area (Å²) in [5.74, 6) is 0.389. The van der Waals surface area contributed by atoms with Crippen LogP contribution in [0.4, 0.5) is 4.79 Å². The maximum absolute atomic E-state index is 12.0. The van der Waals surface area contributed by atoms with Crippen LogP contribution in [0.15, 0.2) is 0 Å². The van der Waals surface area contributed by atoms with E-state index < -0.39 is 15.4 Å². The summed E-state index contributed by atoms with van der Waals surface area (Å²) < 4.78 is 27.5. The predicted molar refractivity (Wildman–Crippen MR) is 82.8 cm³/mol. The number of likely N-dealkylation sites (tertiary alicyclic amines) is 1. The lowest BCUT2D eigenvalue weighted by molar-refractivity contribution is 0.0286. The summed E-state index contributed by atoms with van der Waals surface area (Å²) in [6.07, 6.45) is 3.02. The smallest absolute Gasteiger partial charge is 0.410 e. The zero-order chi connectivity index (χ0) is 16.3. The Morgan fingerprint density at radius 3 is 2.57 bits per heavy atom. The first-order valence-corrected chi connectivity index (χ1v) is 9.45. The quantitative estimate of drug-likeness (QED) is 0.827. The molecule has 0 spiro atoms. The largest absolute Gasteiger partial charge is 0.444 e. The Hall–Kier alpha value is -0.820. The highest BCUT2D eigenvalue weighted by Gasteiger charge is 2.32. The van der Waals surface area contributed by atoms with E-state index in [0.29, 0.717) is 25.9 Å². The highest BCUT2D eigenvalue weighted by molar-refractivity contribution is 7.90. The second-order valence-electron chi connectivity index (χ2n) is 6.91. The molecule has 2 unspecified atom stereocenters. The van der Waals surface area contributed by atoms with Gasteiger partial charge in [0.05, 0.1) is 0 Å². The summed E-state index contributed by atoms with van der Waals surface area (Å²) in [5, 5.41) is 0. The van der Waals surface area contributed by atoms with Gasteiger partial charge in [0.2, 0.25) is 0 Å². The van der Waals surface area contributed by atoms with Crippen LogP contribution in [-0.2, 0) is 14.6 Å². The van der Waals surface area contributed by atoms with Gasteiger partial charge in [0.25, 0.3) is 0 Å². The van der Waals surface area contributed by atoms with Crippen molar-refractivity contribution in [3.8, 4) is 0 Å². The molecule has 7 heteroatoms. The molecule has 0 aromatic carbocycles. The fourth-order valence-electron chi connectivity index (χ4n) is 2.45. The van der Waals surface area contributed by atoms with Crippen molar-refractivity contribution in [1.82, 2.24) is 4.90 Å². The van der Waals surface area contributed by atoms with Crippen molar-refractivity contribution in [2.75, 3.05) is 25.1 Å². The number of hydrogen-bond acceptors (Lipinski definition) is 5. The van der Waals surface area contributed by atoms with Crippen LogP contribution in [0.2, 0.25) is 0 Å². The Kier molecular flexibility index (Phi) is 6.04. The normalized spacial score (nSPS) is 21.4. The van der Waals surface area contributed by atoms with Crippen molar-refractivity contribution in [1.29, 1.82) is 0 Å². The molecule has 1 saturated heterocycles. The molecule has 6 nitrogen and oxygen atoms in total. The average Bonchev–Trinajstić information content (AvgIpc) is 2.73. The number of ether oxygens (including phenoxy) is 1. The van der Waals surface area contributed by atoms with E-state index in [4.69, 9.17) is 10.5 Å². The first kappa shape index (κ1) is 18.2. The zero-order valence-electron chi connectivity index (χ0n) is 13.5. The average molecular weight is 320 g/mol. The molecule has 1 amide bonds. The highest BCUT2D eigenvalue weighted by atomic mass is 32.2. The SMILES string of the molecule is CC(C)(C)OC(=O)N1CCC(C(N)CCCS(C)(=O)=O)C1. The van der Waals surface area contributed by atoms with Gasteiger partial charge in [0, 0.05) is 31.1 Å². The molecule has 0 aromatic heterocycles. The maximum atomic E-state index is 12.0. The van der Waals surface area contributed by atoms with Gasteiger partial charge in [-0.25, -0.2) is 13.2 Å². The zero-order valence-corrected chi connectivity index (χ0v) is 14.3. The lowest BCUT2D eigenvalue weighted by atomic mass is 9.96. The fraction of sp³-hybridized carbons (Fsp3) is 0.929. The summed E-state index contributed by atoms with van der Waals surface area (Å²) in [4.78, 5) is 13.6. The number of sulfone groups is 1. The lowest BCUT2D eigenvalue weighted by Gasteiger charge is -2.25. The van der Waals surface area contributed by atoms with E-state index in [1.165, 1.54) is 6.26 Å². The van der Waals surface area contributed by atoms with E-state index in [9.17, 15) is 13.2 Å². The van der Waals surface area contributed by atoms with Crippen molar-refractivity contribution in [3.05, 3.63) is 0 Å². The van der Waals surface area contributed by atoms with Gasteiger partial charge < -0.3 is 15.4 Å². The van der Waals surface area contributed by atoms with E-state index >= 15 is 0 Å². The molecular formula is C14H28N2O4S. The van der Waals surface area contributed by atoms with Crippen molar-refractivity contribution in [2.45, 2.75) is 51.7 Å². The molecular weight excluding hydrogens is 292 g/mol. The topological polar surface area (TPSA) is 89.7 Å². The molecule has 2 atom stereocenters. The van der Waals surface area contributed by atoms with Gasteiger partial charge in [-0.05, 0) is 46.0 Å². The van der Waals surface area contributed by atoms with Crippen LogP contribution < -0.4 is 5.73 Å². The number of amides is 1. The number of rotatable bonds is 5. The summed E-state index contributed by atoms with van der Waals surface area (Å²) in [6.45, 7) is 6.77. The molecule has 124 valence electrons. The molecule has 0 radical (unpaired) electrons. The van der Waals surface area contributed by atoms with Gasteiger partial charge in [0.15, 0.2) is 0 Å². The van der Waals surface area contributed by atoms with Crippen LogP contribution in [0.3, 0.4) is 0 Å². The summed E-state index contributed by atoms with van der Waals surface area (Å²) in [7, 11) is -2.93. The van der Waals surface area contributed by atoms with Crippen LogP contribution in [0, 0.1) is 5.92 Å². The van der Waals surface area contributed by atoms with Crippen molar-refractivity contribution < 1.29 is 17.9 Å². The highest BCUT2D eigenvalue weighted by Crippen LogP contribution is 2.23. The first-order chi connectivity index (χ1) is 9.48. The molecule has 1 heterocycles. The summed E-state index contributed by atoms with van der Waals surface area (Å²) >= 11 is 0. The van der Waals surface area contributed by atoms with Gasteiger partial charge in [-0.15, -0.1) is 0 Å². The second-order valence-corrected chi connectivity index (χ2v) is 9.17. The monoisotopic (exact) mass is 320 g/mol. The Bertz CT molecular complexity index is 456. The predicted octanol–water partition coefficient (Wildman–Crippen LogP) is 1.40. The van der Waals surface area contributed by atoms with Crippen LogP contribution in [0.5, 0.6) is 0 Å². The van der Waals surface area contributed by atoms with Crippen LogP contribution >= 0.6 is 0 Å². The van der Waals surface area contributed by atoms with Crippen LogP contribution in [0.1, 0.15) is 40.0 Å². The third kappa shape index (κ3) is 7.13. The first-order valence-electron chi connectivity index (χ1n) is 7.39. The van der Waals surface area contributed by atoms with Crippen molar-refractivity contribution in [3.63, 3.8) is 0 Å². The molecule has 0 saturated carbocycles. The Morgan fingerprint density at radius 1 is 1.43 bits per heavy atom. The molecule has 1 fully saturated rings. The van der Waals surface area contributed by atoms with Crippen molar-refractivity contribution >= 4 is 15.9 Å². The van der Waals surface area contributed by atoms with Crippen LogP contribution in [-0.4, -0.2) is 56.2 Å². The molecule has 1 rings (SSSR count). The molecule has 1 aliphatic heterocycles. The molecule has 0 aliphatic carbocycles. The second kappa shape index (κ2) is 6.96. The summed E-state index contributed by atoms with van der Waals surface area (Å²) in [6, 6.07) is -0.0702. The number of nitrogens with two attached hydrogens (primary N) is 1. The van der Waals surface area contributed by atoms with E-state index in [1.807, 2.05) is 20.8 Å². The third-order valence-electron chi connectivity index (χ3n) is 3.53. The Labute approximate surface area is 127 Å². The van der Waals surface area contributed by atoms with Gasteiger partial charge in [-0.2, -0.15) is 0 Å². The fourth-order valence-corrected chi connectivity index (χ4v) is 3.14. The van der Waals surface area contributed by atoms with Gasteiger partial charge in [-0.1, -0.05) is 0 Å². The van der Waals surface area contributed by atoms with Crippen LogP contribution in [0.25, 0.3) is 0 Å². The number of hydrogen-bond donors (Lipinski definition) is 1. The van der Waals surface area contributed by atoms with E-state index in [0.717, 1.165) is 6.42 Å². The minimum atomic E-state index is -2.93. The van der Waals surface area contributed by atoms with Gasteiger partial charge in [0.1, 0.15) is 15.4 Å². The van der Waals surface area contributed by atoms with Crippen molar-refractivity contribution in [2.24, 2.45) is 11.7 Å². The standard InChI is InChI=1S/C14H28N2O4S/c1-14(2,3)20-13(17)16-8-7-11(10-16)12(15)6-5-9-21(4,18)19/h11-12H,5-10,15H2,1-4H3.